The van der Waals surface area contributed by atoms with E-state index in [1.165, 1.54) is 11.1 Å². The SMILES string of the molecule is CCNC(=NCCc1ccc(C)cc1)N1CCCC(CC(N)=O)C1.I. The second-order valence-electron chi connectivity index (χ2n) is 6.60. The van der Waals surface area contributed by atoms with E-state index in [-0.39, 0.29) is 29.9 Å². The number of hydrogen-bond donors (Lipinski definition) is 2. The standard InChI is InChI=1S/C19H30N4O.HI/c1-3-21-19(22-11-10-16-8-6-15(2)7-9-16)23-12-4-5-17(14-23)13-18(20)24;/h6-9,17H,3-5,10-14H2,1-2H3,(H2,20,24)(H,21,22);1H. The summed E-state index contributed by atoms with van der Waals surface area (Å²) in [5, 5.41) is 3.38. The maximum atomic E-state index is 11.2. The number of carbonyl (C=O) groups is 1. The fraction of sp³-hybridized carbons (Fsp3) is 0.579. The van der Waals surface area contributed by atoms with Crippen molar-refractivity contribution in [2.75, 3.05) is 26.2 Å². The van der Waals surface area contributed by atoms with Gasteiger partial charge in [0.2, 0.25) is 5.91 Å². The van der Waals surface area contributed by atoms with Gasteiger partial charge in [0, 0.05) is 32.6 Å². The minimum atomic E-state index is -0.205. The van der Waals surface area contributed by atoms with Crippen molar-refractivity contribution in [2.24, 2.45) is 16.6 Å². The second-order valence-corrected chi connectivity index (χ2v) is 6.60. The topological polar surface area (TPSA) is 70.7 Å². The summed E-state index contributed by atoms with van der Waals surface area (Å²) in [5.74, 6) is 1.10. The second kappa shape index (κ2) is 11.3. The van der Waals surface area contributed by atoms with E-state index in [0.717, 1.165) is 51.4 Å². The summed E-state index contributed by atoms with van der Waals surface area (Å²) in [6, 6.07) is 8.62. The minimum absolute atomic E-state index is 0. The molecule has 1 unspecified atom stereocenters. The molecule has 0 aromatic heterocycles. The highest BCUT2D eigenvalue weighted by atomic mass is 127. The van der Waals surface area contributed by atoms with Crippen LogP contribution in [0.1, 0.15) is 37.3 Å². The number of primary amides is 1. The van der Waals surface area contributed by atoms with Crippen LogP contribution in [0, 0.1) is 12.8 Å². The molecule has 2 rings (SSSR count). The number of hydrogen-bond acceptors (Lipinski definition) is 2. The summed E-state index contributed by atoms with van der Waals surface area (Å²) in [7, 11) is 0. The molecule has 0 radical (unpaired) electrons. The predicted molar refractivity (Wildman–Crippen MR) is 114 cm³/mol. The molecule has 25 heavy (non-hydrogen) atoms. The van der Waals surface area contributed by atoms with Crippen molar-refractivity contribution in [3.05, 3.63) is 35.4 Å². The molecule has 1 atom stereocenters. The Balaban J connectivity index is 0.00000312. The molecule has 6 heteroatoms. The quantitative estimate of drug-likeness (QED) is 0.391. The number of amides is 1. The fourth-order valence-electron chi connectivity index (χ4n) is 3.18. The Morgan fingerprint density at radius 1 is 1.36 bits per heavy atom. The van der Waals surface area contributed by atoms with Crippen LogP contribution in [0.2, 0.25) is 0 Å². The summed E-state index contributed by atoms with van der Waals surface area (Å²) in [5.41, 5.74) is 7.95. The Morgan fingerprint density at radius 2 is 2.08 bits per heavy atom. The Bertz CT molecular complexity index is 559. The highest BCUT2D eigenvalue weighted by Crippen LogP contribution is 2.19. The van der Waals surface area contributed by atoms with Gasteiger partial charge in [-0.25, -0.2) is 0 Å². The molecule has 140 valence electrons. The number of aliphatic imine (C=N–C) groups is 1. The van der Waals surface area contributed by atoms with Crippen molar-refractivity contribution in [3.63, 3.8) is 0 Å². The van der Waals surface area contributed by atoms with Crippen molar-refractivity contribution in [1.82, 2.24) is 10.2 Å². The molecule has 0 aliphatic carbocycles. The van der Waals surface area contributed by atoms with E-state index in [2.05, 4.69) is 48.3 Å². The molecule has 1 aliphatic heterocycles. The van der Waals surface area contributed by atoms with Gasteiger partial charge in [-0.05, 0) is 44.6 Å². The molecule has 1 amide bonds. The molecular formula is C19H31IN4O. The van der Waals surface area contributed by atoms with Crippen LogP contribution in [-0.4, -0.2) is 42.9 Å². The molecule has 0 bridgehead atoms. The molecule has 3 N–H and O–H groups in total. The van der Waals surface area contributed by atoms with E-state index < -0.39 is 0 Å². The van der Waals surface area contributed by atoms with Gasteiger partial charge in [-0.3, -0.25) is 9.79 Å². The summed E-state index contributed by atoms with van der Waals surface area (Å²) in [4.78, 5) is 18.2. The molecule has 0 saturated carbocycles. The first-order valence-electron chi connectivity index (χ1n) is 8.95. The third-order valence-electron chi connectivity index (χ3n) is 4.43. The van der Waals surface area contributed by atoms with E-state index in [4.69, 9.17) is 10.7 Å². The average Bonchev–Trinajstić information content (AvgIpc) is 2.55. The van der Waals surface area contributed by atoms with Crippen LogP contribution in [0.3, 0.4) is 0 Å². The number of guanidine groups is 1. The number of nitrogens with two attached hydrogens (primary N) is 1. The van der Waals surface area contributed by atoms with E-state index in [1.54, 1.807) is 0 Å². The third kappa shape index (κ3) is 7.63. The van der Waals surface area contributed by atoms with Crippen molar-refractivity contribution in [1.29, 1.82) is 0 Å². The van der Waals surface area contributed by atoms with Gasteiger partial charge in [-0.1, -0.05) is 29.8 Å². The van der Waals surface area contributed by atoms with Gasteiger partial charge in [0.1, 0.15) is 0 Å². The molecule has 5 nitrogen and oxygen atoms in total. The average molecular weight is 458 g/mol. The maximum absolute atomic E-state index is 11.2. The summed E-state index contributed by atoms with van der Waals surface area (Å²) in [6.07, 6.45) is 3.57. The van der Waals surface area contributed by atoms with Gasteiger partial charge in [-0.2, -0.15) is 0 Å². The molecule has 1 heterocycles. The van der Waals surface area contributed by atoms with Gasteiger partial charge in [-0.15, -0.1) is 24.0 Å². The number of piperidine rings is 1. The van der Waals surface area contributed by atoms with Crippen LogP contribution in [0.15, 0.2) is 29.3 Å². The highest BCUT2D eigenvalue weighted by molar-refractivity contribution is 14.0. The first-order chi connectivity index (χ1) is 11.6. The summed E-state index contributed by atoms with van der Waals surface area (Å²) >= 11 is 0. The van der Waals surface area contributed by atoms with Crippen LogP contribution in [0.4, 0.5) is 0 Å². The van der Waals surface area contributed by atoms with Gasteiger partial charge in [0.15, 0.2) is 5.96 Å². The monoisotopic (exact) mass is 458 g/mol. The lowest BCUT2D eigenvalue weighted by atomic mass is 9.95. The first kappa shape index (κ1) is 21.7. The predicted octanol–water partition coefficient (Wildman–Crippen LogP) is 2.71. The third-order valence-corrected chi connectivity index (χ3v) is 4.43. The van der Waals surface area contributed by atoms with Crippen LogP contribution in [0.25, 0.3) is 0 Å². The van der Waals surface area contributed by atoms with Crippen molar-refractivity contribution >= 4 is 35.8 Å². The van der Waals surface area contributed by atoms with Crippen LogP contribution >= 0.6 is 24.0 Å². The molecule has 0 spiro atoms. The van der Waals surface area contributed by atoms with Gasteiger partial charge >= 0.3 is 0 Å². The number of benzene rings is 1. The van der Waals surface area contributed by atoms with Crippen molar-refractivity contribution < 1.29 is 4.79 Å². The summed E-state index contributed by atoms with van der Waals surface area (Å²) < 4.78 is 0. The summed E-state index contributed by atoms with van der Waals surface area (Å²) in [6.45, 7) is 7.65. The maximum Gasteiger partial charge on any atom is 0.217 e. The lowest BCUT2D eigenvalue weighted by Gasteiger charge is -2.34. The lowest BCUT2D eigenvalue weighted by molar-refractivity contribution is -0.119. The number of likely N-dealkylation sites (tertiary alicyclic amines) is 1. The number of nitrogens with zero attached hydrogens (tertiary/aromatic N) is 2. The molecule has 1 saturated heterocycles. The smallest absolute Gasteiger partial charge is 0.217 e. The largest absolute Gasteiger partial charge is 0.370 e. The Kier molecular flexibility index (Phi) is 9.85. The normalized spacial score (nSPS) is 17.8. The van der Waals surface area contributed by atoms with E-state index in [9.17, 15) is 4.79 Å². The van der Waals surface area contributed by atoms with Crippen molar-refractivity contribution in [3.8, 4) is 0 Å². The van der Waals surface area contributed by atoms with Gasteiger partial charge in [0.25, 0.3) is 0 Å². The molecule has 1 aliphatic rings. The Hall–Kier alpha value is -1.31. The first-order valence-corrected chi connectivity index (χ1v) is 8.95. The van der Waals surface area contributed by atoms with E-state index in [0.29, 0.717) is 12.3 Å². The Labute approximate surface area is 168 Å². The zero-order valence-corrected chi connectivity index (χ0v) is 17.7. The van der Waals surface area contributed by atoms with Gasteiger partial charge < -0.3 is 16.0 Å². The molecule has 1 aromatic carbocycles. The minimum Gasteiger partial charge on any atom is -0.370 e. The van der Waals surface area contributed by atoms with Crippen LogP contribution < -0.4 is 11.1 Å². The molecular weight excluding hydrogens is 427 g/mol. The zero-order chi connectivity index (χ0) is 17.4. The van der Waals surface area contributed by atoms with Crippen LogP contribution in [0.5, 0.6) is 0 Å². The molecule has 1 fully saturated rings. The zero-order valence-electron chi connectivity index (χ0n) is 15.3. The van der Waals surface area contributed by atoms with Gasteiger partial charge in [0.05, 0.1) is 0 Å². The number of rotatable bonds is 6. The van der Waals surface area contributed by atoms with E-state index in [1.807, 2.05) is 0 Å². The number of halogens is 1. The van der Waals surface area contributed by atoms with E-state index >= 15 is 0 Å². The Morgan fingerprint density at radius 3 is 2.72 bits per heavy atom. The number of aryl methyl sites for hydroxylation is 1. The van der Waals surface area contributed by atoms with Crippen LogP contribution in [-0.2, 0) is 11.2 Å². The number of carbonyl (C=O) groups excluding carboxylic acids is 1. The highest BCUT2D eigenvalue weighted by Gasteiger charge is 2.23. The van der Waals surface area contributed by atoms with Crippen molar-refractivity contribution in [2.45, 2.75) is 39.5 Å². The number of nitrogens with one attached hydrogen (secondary N) is 1. The molecule has 1 aromatic rings. The lowest BCUT2D eigenvalue weighted by Crippen LogP contribution is -2.47. The fourth-order valence-corrected chi connectivity index (χ4v) is 3.18.